The lowest BCUT2D eigenvalue weighted by Gasteiger charge is -2.22. The lowest BCUT2D eigenvalue weighted by atomic mass is 9.92. The summed E-state index contributed by atoms with van der Waals surface area (Å²) < 4.78 is 0. The molecule has 1 unspecified atom stereocenters. The topological polar surface area (TPSA) is 41.1 Å². The van der Waals surface area contributed by atoms with Crippen molar-refractivity contribution < 1.29 is 4.79 Å². The Labute approximate surface area is 93.0 Å². The minimum Gasteiger partial charge on any atom is -0.355 e. The van der Waals surface area contributed by atoms with E-state index in [-0.39, 0.29) is 11.9 Å². The summed E-state index contributed by atoms with van der Waals surface area (Å²) in [5.74, 6) is 0.823. The number of carbonyl (C=O) groups is 1. The Morgan fingerprint density at radius 2 is 1.93 bits per heavy atom. The summed E-state index contributed by atoms with van der Waals surface area (Å²) >= 11 is 0. The van der Waals surface area contributed by atoms with Crippen molar-refractivity contribution in [2.24, 2.45) is 11.3 Å². The molecule has 15 heavy (non-hydrogen) atoms. The third-order valence-corrected chi connectivity index (χ3v) is 3.62. The average Bonchev–Trinajstić information content (AvgIpc) is 2.95. The summed E-state index contributed by atoms with van der Waals surface area (Å²) in [7, 11) is 0. The van der Waals surface area contributed by atoms with E-state index in [1.165, 1.54) is 12.8 Å². The molecule has 0 bridgehead atoms. The van der Waals surface area contributed by atoms with Crippen LogP contribution in [0.3, 0.4) is 0 Å². The van der Waals surface area contributed by atoms with E-state index in [0.29, 0.717) is 17.9 Å². The second-order valence-corrected chi connectivity index (χ2v) is 5.01. The molecule has 0 saturated heterocycles. The molecule has 0 aromatic rings. The number of amides is 1. The highest BCUT2D eigenvalue weighted by molar-refractivity contribution is 5.81. The van der Waals surface area contributed by atoms with Gasteiger partial charge in [-0.05, 0) is 38.0 Å². The van der Waals surface area contributed by atoms with E-state index in [2.05, 4.69) is 24.5 Å². The molecule has 3 heteroatoms. The van der Waals surface area contributed by atoms with Crippen LogP contribution in [0.2, 0.25) is 0 Å². The van der Waals surface area contributed by atoms with Crippen molar-refractivity contribution in [3.05, 3.63) is 0 Å². The van der Waals surface area contributed by atoms with Gasteiger partial charge in [0.25, 0.3) is 0 Å². The first-order chi connectivity index (χ1) is 7.02. The Bertz CT molecular complexity index is 222. The van der Waals surface area contributed by atoms with Gasteiger partial charge in [0.2, 0.25) is 5.91 Å². The molecule has 1 aliphatic rings. The van der Waals surface area contributed by atoms with E-state index < -0.39 is 0 Å². The maximum atomic E-state index is 11.5. The van der Waals surface area contributed by atoms with Gasteiger partial charge in [0.15, 0.2) is 0 Å². The molecule has 1 fully saturated rings. The van der Waals surface area contributed by atoms with Crippen LogP contribution < -0.4 is 10.6 Å². The molecule has 0 radical (unpaired) electrons. The second-order valence-electron chi connectivity index (χ2n) is 5.01. The van der Waals surface area contributed by atoms with Crippen molar-refractivity contribution in [1.29, 1.82) is 0 Å². The molecule has 0 aromatic heterocycles. The van der Waals surface area contributed by atoms with Crippen LogP contribution in [-0.2, 0) is 4.79 Å². The maximum Gasteiger partial charge on any atom is 0.236 e. The minimum atomic E-state index is -0.0684. The van der Waals surface area contributed by atoms with Gasteiger partial charge in [-0.3, -0.25) is 4.79 Å². The van der Waals surface area contributed by atoms with Crippen LogP contribution in [-0.4, -0.2) is 25.0 Å². The standard InChI is InChI=1S/C12H24N2O/c1-5-13-11(15)10(4)14-8-12(6-7-12)9(2)3/h9-10,14H,5-8H2,1-4H3,(H,13,15). The number of nitrogens with one attached hydrogen (secondary N) is 2. The molecule has 1 amide bonds. The van der Waals surface area contributed by atoms with Crippen LogP contribution in [0.5, 0.6) is 0 Å². The summed E-state index contributed by atoms with van der Waals surface area (Å²) in [5.41, 5.74) is 0.473. The van der Waals surface area contributed by atoms with Gasteiger partial charge in [-0.25, -0.2) is 0 Å². The summed E-state index contributed by atoms with van der Waals surface area (Å²) in [6, 6.07) is -0.0684. The molecule has 0 heterocycles. The Morgan fingerprint density at radius 1 is 1.33 bits per heavy atom. The SMILES string of the molecule is CCNC(=O)C(C)NCC1(C(C)C)CC1. The number of hydrogen-bond donors (Lipinski definition) is 2. The molecule has 3 nitrogen and oxygen atoms in total. The van der Waals surface area contributed by atoms with Crippen LogP contribution in [0.4, 0.5) is 0 Å². The van der Waals surface area contributed by atoms with E-state index in [1.54, 1.807) is 0 Å². The van der Waals surface area contributed by atoms with Crippen LogP contribution in [0, 0.1) is 11.3 Å². The number of likely N-dealkylation sites (N-methyl/N-ethyl adjacent to an activating group) is 1. The van der Waals surface area contributed by atoms with E-state index in [9.17, 15) is 4.79 Å². The lowest BCUT2D eigenvalue weighted by Crippen LogP contribution is -2.44. The highest BCUT2D eigenvalue weighted by Crippen LogP contribution is 2.51. The largest absolute Gasteiger partial charge is 0.355 e. The minimum absolute atomic E-state index is 0.0684. The zero-order valence-corrected chi connectivity index (χ0v) is 10.4. The Morgan fingerprint density at radius 3 is 2.33 bits per heavy atom. The lowest BCUT2D eigenvalue weighted by molar-refractivity contribution is -0.122. The Kier molecular flexibility index (Phi) is 4.14. The molecular formula is C12H24N2O. The zero-order chi connectivity index (χ0) is 11.5. The fraction of sp³-hybridized carbons (Fsp3) is 0.917. The Hall–Kier alpha value is -0.570. The summed E-state index contributed by atoms with van der Waals surface area (Å²) in [5, 5.41) is 6.17. The average molecular weight is 212 g/mol. The van der Waals surface area contributed by atoms with Gasteiger partial charge in [0, 0.05) is 13.1 Å². The molecule has 0 spiro atoms. The zero-order valence-electron chi connectivity index (χ0n) is 10.4. The van der Waals surface area contributed by atoms with Gasteiger partial charge >= 0.3 is 0 Å². The quantitative estimate of drug-likeness (QED) is 0.701. The molecular weight excluding hydrogens is 188 g/mol. The van der Waals surface area contributed by atoms with E-state index in [1.807, 2.05) is 13.8 Å². The molecule has 1 atom stereocenters. The van der Waals surface area contributed by atoms with Crippen molar-refractivity contribution in [3.63, 3.8) is 0 Å². The van der Waals surface area contributed by atoms with Crippen molar-refractivity contribution >= 4 is 5.91 Å². The first kappa shape index (κ1) is 12.5. The van der Waals surface area contributed by atoms with Crippen LogP contribution in [0.25, 0.3) is 0 Å². The molecule has 1 aliphatic carbocycles. The highest BCUT2D eigenvalue weighted by Gasteiger charge is 2.45. The van der Waals surface area contributed by atoms with Crippen LogP contribution >= 0.6 is 0 Å². The van der Waals surface area contributed by atoms with E-state index in [4.69, 9.17) is 0 Å². The smallest absolute Gasteiger partial charge is 0.236 e. The monoisotopic (exact) mass is 212 g/mol. The molecule has 0 aromatic carbocycles. The second kappa shape index (κ2) is 4.97. The number of carbonyl (C=O) groups excluding carboxylic acids is 1. The van der Waals surface area contributed by atoms with Gasteiger partial charge < -0.3 is 10.6 Å². The highest BCUT2D eigenvalue weighted by atomic mass is 16.2. The van der Waals surface area contributed by atoms with Crippen molar-refractivity contribution in [3.8, 4) is 0 Å². The van der Waals surface area contributed by atoms with Gasteiger partial charge in [0.05, 0.1) is 6.04 Å². The van der Waals surface area contributed by atoms with Crippen molar-refractivity contribution in [2.45, 2.75) is 46.6 Å². The van der Waals surface area contributed by atoms with Gasteiger partial charge in [-0.1, -0.05) is 13.8 Å². The van der Waals surface area contributed by atoms with Crippen LogP contribution in [0.1, 0.15) is 40.5 Å². The van der Waals surface area contributed by atoms with Crippen molar-refractivity contribution in [2.75, 3.05) is 13.1 Å². The summed E-state index contributed by atoms with van der Waals surface area (Å²) in [6.07, 6.45) is 2.61. The molecule has 2 N–H and O–H groups in total. The predicted octanol–water partition coefficient (Wildman–Crippen LogP) is 1.54. The maximum absolute atomic E-state index is 11.5. The fourth-order valence-electron chi connectivity index (χ4n) is 1.90. The van der Waals surface area contributed by atoms with Crippen molar-refractivity contribution in [1.82, 2.24) is 10.6 Å². The molecule has 1 rings (SSSR count). The van der Waals surface area contributed by atoms with Gasteiger partial charge in [0.1, 0.15) is 0 Å². The van der Waals surface area contributed by atoms with Gasteiger partial charge in [-0.15, -0.1) is 0 Å². The van der Waals surface area contributed by atoms with Crippen LogP contribution in [0.15, 0.2) is 0 Å². The number of hydrogen-bond acceptors (Lipinski definition) is 2. The van der Waals surface area contributed by atoms with E-state index >= 15 is 0 Å². The third-order valence-electron chi connectivity index (χ3n) is 3.62. The first-order valence-corrected chi connectivity index (χ1v) is 6.03. The number of rotatable bonds is 6. The van der Waals surface area contributed by atoms with Gasteiger partial charge in [-0.2, -0.15) is 0 Å². The third kappa shape index (κ3) is 3.20. The fourth-order valence-corrected chi connectivity index (χ4v) is 1.90. The predicted molar refractivity (Wildman–Crippen MR) is 62.7 cm³/mol. The Balaban J connectivity index is 2.28. The van der Waals surface area contributed by atoms with E-state index in [0.717, 1.165) is 6.54 Å². The summed E-state index contributed by atoms with van der Waals surface area (Å²) in [4.78, 5) is 11.5. The summed E-state index contributed by atoms with van der Waals surface area (Å²) in [6.45, 7) is 10.1. The molecule has 88 valence electrons. The first-order valence-electron chi connectivity index (χ1n) is 6.03. The molecule has 0 aliphatic heterocycles. The molecule has 1 saturated carbocycles. The normalized spacial score (nSPS) is 20.1.